The van der Waals surface area contributed by atoms with Crippen molar-refractivity contribution in [1.82, 2.24) is 10.3 Å². The molecule has 1 aromatic carbocycles. The summed E-state index contributed by atoms with van der Waals surface area (Å²) in [5.74, 6) is 0.361. The van der Waals surface area contributed by atoms with E-state index in [4.69, 9.17) is 5.73 Å². The van der Waals surface area contributed by atoms with Gasteiger partial charge in [0.2, 0.25) is 5.91 Å². The van der Waals surface area contributed by atoms with E-state index in [0.29, 0.717) is 5.82 Å². The fourth-order valence-electron chi connectivity index (χ4n) is 2.48. The summed E-state index contributed by atoms with van der Waals surface area (Å²) in [6, 6.07) is 8.30. The number of carbonyl (C=O) groups is 1. The number of pyridine rings is 1. The molecule has 0 aliphatic carbocycles. The molecule has 0 unspecified atom stereocenters. The molecule has 5 heteroatoms. The van der Waals surface area contributed by atoms with E-state index in [1.54, 1.807) is 30.7 Å². The summed E-state index contributed by atoms with van der Waals surface area (Å²) >= 11 is 1.61. The van der Waals surface area contributed by atoms with Crippen LogP contribution < -0.4 is 11.1 Å². The van der Waals surface area contributed by atoms with E-state index in [9.17, 15) is 4.79 Å². The summed E-state index contributed by atoms with van der Waals surface area (Å²) in [4.78, 5) is 15.7. The highest BCUT2D eigenvalue weighted by atomic mass is 32.1. The van der Waals surface area contributed by atoms with Gasteiger partial charge in [0, 0.05) is 40.5 Å². The molecular weight excluding hydrogens is 306 g/mol. The topological polar surface area (TPSA) is 68.0 Å². The number of nitrogens with zero attached hydrogens (tertiary/aromatic N) is 1. The summed E-state index contributed by atoms with van der Waals surface area (Å²) in [6.07, 6.45) is 4.97. The summed E-state index contributed by atoms with van der Waals surface area (Å²) in [5, 5.41) is 5.60. The van der Waals surface area contributed by atoms with Crippen molar-refractivity contribution in [2.24, 2.45) is 0 Å². The molecule has 0 aliphatic rings. The lowest BCUT2D eigenvalue weighted by atomic mass is 10.0. The SMILES string of the molecule is CNC(=O)/C=C/c1cnc(N)c2c(-c3cccc(C)c3)csc12. The first-order valence-electron chi connectivity index (χ1n) is 7.22. The third kappa shape index (κ3) is 2.96. The van der Waals surface area contributed by atoms with Crippen LogP contribution in [0.1, 0.15) is 11.1 Å². The van der Waals surface area contributed by atoms with Gasteiger partial charge in [-0.25, -0.2) is 4.98 Å². The second kappa shape index (κ2) is 6.22. The molecule has 0 spiro atoms. The molecule has 3 aromatic rings. The minimum absolute atomic E-state index is 0.148. The summed E-state index contributed by atoms with van der Waals surface area (Å²) < 4.78 is 1.04. The lowest BCUT2D eigenvalue weighted by Gasteiger charge is -2.05. The Kier molecular flexibility index (Phi) is 4.12. The Morgan fingerprint density at radius 2 is 2.22 bits per heavy atom. The van der Waals surface area contributed by atoms with E-state index < -0.39 is 0 Å². The van der Waals surface area contributed by atoms with Crippen LogP contribution >= 0.6 is 11.3 Å². The number of thiophene rings is 1. The summed E-state index contributed by atoms with van der Waals surface area (Å²) in [7, 11) is 1.60. The number of aromatic nitrogens is 1. The summed E-state index contributed by atoms with van der Waals surface area (Å²) in [5.41, 5.74) is 10.4. The van der Waals surface area contributed by atoms with Gasteiger partial charge in [-0.05, 0) is 23.9 Å². The highest BCUT2D eigenvalue weighted by molar-refractivity contribution is 7.18. The first kappa shape index (κ1) is 15.2. The van der Waals surface area contributed by atoms with E-state index in [1.807, 2.05) is 6.07 Å². The second-order valence-electron chi connectivity index (χ2n) is 5.27. The Hall–Kier alpha value is -2.66. The number of hydrogen-bond donors (Lipinski definition) is 2. The van der Waals surface area contributed by atoms with Crippen molar-refractivity contribution in [2.45, 2.75) is 6.92 Å². The highest BCUT2D eigenvalue weighted by Crippen LogP contribution is 2.38. The number of nitrogens with one attached hydrogen (secondary N) is 1. The van der Waals surface area contributed by atoms with Crippen molar-refractivity contribution in [2.75, 3.05) is 12.8 Å². The number of amides is 1. The van der Waals surface area contributed by atoms with E-state index in [2.05, 4.69) is 40.8 Å². The Bertz CT molecular complexity index is 912. The fraction of sp³-hybridized carbons (Fsp3) is 0.111. The average Bonchev–Trinajstić information content (AvgIpc) is 3.00. The normalized spacial score (nSPS) is 11.2. The molecule has 1 amide bonds. The van der Waals surface area contributed by atoms with Crippen molar-refractivity contribution < 1.29 is 4.79 Å². The maximum atomic E-state index is 11.4. The van der Waals surface area contributed by atoms with Crippen LogP contribution in [-0.4, -0.2) is 17.9 Å². The number of benzene rings is 1. The van der Waals surface area contributed by atoms with Crippen molar-refractivity contribution in [3.63, 3.8) is 0 Å². The zero-order chi connectivity index (χ0) is 16.4. The van der Waals surface area contributed by atoms with Crippen LogP contribution in [0.5, 0.6) is 0 Å². The number of rotatable bonds is 3. The standard InChI is InChI=1S/C18H17N3OS/c1-11-4-3-5-12(8-11)14-10-23-17-13(6-7-15(22)20-2)9-21-18(19)16(14)17/h3-10H,1-2H3,(H2,19,21)(H,20,22)/b7-6+. The first-order chi connectivity index (χ1) is 11.1. The molecular formula is C18H17N3OS. The highest BCUT2D eigenvalue weighted by Gasteiger charge is 2.13. The number of nitrogens with two attached hydrogens (primary N) is 1. The van der Waals surface area contributed by atoms with Gasteiger partial charge in [-0.2, -0.15) is 0 Å². The van der Waals surface area contributed by atoms with Gasteiger partial charge in [0.15, 0.2) is 0 Å². The van der Waals surface area contributed by atoms with Crippen LogP contribution in [0.3, 0.4) is 0 Å². The zero-order valence-electron chi connectivity index (χ0n) is 13.0. The second-order valence-corrected chi connectivity index (χ2v) is 6.15. The largest absolute Gasteiger partial charge is 0.383 e. The Morgan fingerprint density at radius 3 is 2.96 bits per heavy atom. The lowest BCUT2D eigenvalue weighted by molar-refractivity contribution is -0.115. The number of anilines is 1. The van der Waals surface area contributed by atoms with Gasteiger partial charge < -0.3 is 11.1 Å². The molecule has 116 valence electrons. The van der Waals surface area contributed by atoms with E-state index >= 15 is 0 Å². The molecule has 0 saturated heterocycles. The van der Waals surface area contributed by atoms with E-state index in [1.165, 1.54) is 11.6 Å². The van der Waals surface area contributed by atoms with Crippen LogP contribution in [0.25, 0.3) is 27.3 Å². The predicted molar refractivity (Wildman–Crippen MR) is 97.3 cm³/mol. The maximum Gasteiger partial charge on any atom is 0.243 e. The van der Waals surface area contributed by atoms with Gasteiger partial charge in [-0.3, -0.25) is 4.79 Å². The van der Waals surface area contributed by atoms with Gasteiger partial charge in [0.25, 0.3) is 0 Å². The van der Waals surface area contributed by atoms with Crippen LogP contribution in [-0.2, 0) is 4.79 Å². The number of likely N-dealkylation sites (N-methyl/N-ethyl adjacent to an activating group) is 1. The number of nitrogen functional groups attached to an aromatic ring is 1. The molecule has 3 N–H and O–H groups in total. The van der Waals surface area contributed by atoms with Gasteiger partial charge in [-0.1, -0.05) is 29.8 Å². The molecule has 2 aromatic heterocycles. The molecule has 0 aliphatic heterocycles. The van der Waals surface area contributed by atoms with Gasteiger partial charge in [0.1, 0.15) is 5.82 Å². The van der Waals surface area contributed by atoms with E-state index in [-0.39, 0.29) is 5.91 Å². The molecule has 0 saturated carbocycles. The molecule has 0 radical (unpaired) electrons. The quantitative estimate of drug-likeness (QED) is 0.724. The molecule has 4 nitrogen and oxygen atoms in total. The van der Waals surface area contributed by atoms with Gasteiger partial charge >= 0.3 is 0 Å². The van der Waals surface area contributed by atoms with E-state index in [0.717, 1.165) is 26.8 Å². The molecule has 0 bridgehead atoms. The number of aryl methyl sites for hydroxylation is 1. The van der Waals surface area contributed by atoms with Crippen LogP contribution in [0.15, 0.2) is 41.9 Å². The fourth-order valence-corrected chi connectivity index (χ4v) is 3.56. The van der Waals surface area contributed by atoms with Crippen molar-refractivity contribution in [3.8, 4) is 11.1 Å². The Balaban J connectivity index is 2.16. The Labute approximate surface area is 138 Å². The molecule has 2 heterocycles. The minimum atomic E-state index is -0.148. The molecule has 23 heavy (non-hydrogen) atoms. The van der Waals surface area contributed by atoms with Crippen molar-refractivity contribution >= 4 is 39.2 Å². The monoisotopic (exact) mass is 323 g/mol. The van der Waals surface area contributed by atoms with Crippen LogP contribution in [0.2, 0.25) is 0 Å². The van der Waals surface area contributed by atoms with Crippen LogP contribution in [0, 0.1) is 6.92 Å². The molecule has 3 rings (SSSR count). The maximum absolute atomic E-state index is 11.4. The number of hydrogen-bond acceptors (Lipinski definition) is 4. The van der Waals surface area contributed by atoms with Crippen LogP contribution in [0.4, 0.5) is 5.82 Å². The third-order valence-electron chi connectivity index (χ3n) is 3.64. The van der Waals surface area contributed by atoms with Gasteiger partial charge in [-0.15, -0.1) is 11.3 Å². The third-order valence-corrected chi connectivity index (χ3v) is 4.67. The summed E-state index contributed by atoms with van der Waals surface area (Å²) in [6.45, 7) is 2.07. The Morgan fingerprint density at radius 1 is 1.39 bits per heavy atom. The smallest absolute Gasteiger partial charge is 0.243 e. The first-order valence-corrected chi connectivity index (χ1v) is 8.10. The molecule has 0 atom stereocenters. The zero-order valence-corrected chi connectivity index (χ0v) is 13.8. The number of fused-ring (bicyclic) bond motifs is 1. The molecule has 0 fully saturated rings. The lowest BCUT2D eigenvalue weighted by Crippen LogP contribution is -2.13. The average molecular weight is 323 g/mol. The van der Waals surface area contributed by atoms with Crippen molar-refractivity contribution in [1.29, 1.82) is 0 Å². The minimum Gasteiger partial charge on any atom is -0.383 e. The number of carbonyl (C=O) groups excluding carboxylic acids is 1. The van der Waals surface area contributed by atoms with Gasteiger partial charge in [0.05, 0.1) is 0 Å². The van der Waals surface area contributed by atoms with Crippen molar-refractivity contribution in [3.05, 3.63) is 53.0 Å². The predicted octanol–water partition coefficient (Wildman–Crippen LogP) is 3.61.